The number of rotatable bonds is 13. The lowest BCUT2D eigenvalue weighted by atomic mass is 10.1. The number of carbonyl (C=O) groups excluding carboxylic acids is 3. The van der Waals surface area contributed by atoms with Crippen LogP contribution in [0.1, 0.15) is 22.8 Å². The molecule has 0 heterocycles. The number of anilines is 2. The SMILES string of the molecule is COc1ccc(/C=C(/NC(=O)c2ccccc2)C(=O)Nc2cccc(SC(C)C(=O)Nc3ccc(Oc4ccccc4)cc3)c2)cc1OC. The van der Waals surface area contributed by atoms with Crippen molar-refractivity contribution >= 4 is 46.9 Å². The van der Waals surface area contributed by atoms with Crippen LogP contribution in [0.3, 0.4) is 0 Å². The number of hydrogen-bond donors (Lipinski definition) is 3. The largest absolute Gasteiger partial charge is 0.493 e. The molecule has 248 valence electrons. The molecule has 0 fully saturated rings. The Hall–Kier alpha value is -6.00. The summed E-state index contributed by atoms with van der Waals surface area (Å²) in [7, 11) is 3.05. The first-order valence-electron chi connectivity index (χ1n) is 15.3. The number of methoxy groups -OCH3 is 2. The predicted molar refractivity (Wildman–Crippen MR) is 193 cm³/mol. The molecular formula is C39H35N3O6S. The van der Waals surface area contributed by atoms with Gasteiger partial charge in [-0.05, 0) is 97.4 Å². The van der Waals surface area contributed by atoms with Gasteiger partial charge in [0.25, 0.3) is 11.8 Å². The second-order valence-corrected chi connectivity index (χ2v) is 12.1. The molecular weight excluding hydrogens is 639 g/mol. The molecule has 0 radical (unpaired) electrons. The van der Waals surface area contributed by atoms with E-state index in [2.05, 4.69) is 16.0 Å². The average molecular weight is 674 g/mol. The highest BCUT2D eigenvalue weighted by molar-refractivity contribution is 8.00. The Morgan fingerprint density at radius 2 is 1.35 bits per heavy atom. The van der Waals surface area contributed by atoms with Gasteiger partial charge < -0.3 is 30.2 Å². The van der Waals surface area contributed by atoms with Crippen molar-refractivity contribution in [2.75, 3.05) is 24.9 Å². The molecule has 49 heavy (non-hydrogen) atoms. The lowest BCUT2D eigenvalue weighted by molar-refractivity contribution is -0.115. The monoisotopic (exact) mass is 673 g/mol. The quantitative estimate of drug-likeness (QED) is 0.0857. The van der Waals surface area contributed by atoms with Gasteiger partial charge >= 0.3 is 0 Å². The maximum atomic E-state index is 13.6. The van der Waals surface area contributed by atoms with Gasteiger partial charge in [-0.1, -0.05) is 48.5 Å². The van der Waals surface area contributed by atoms with Crippen LogP contribution in [0.2, 0.25) is 0 Å². The standard InChI is InChI=1S/C39H35N3O6S/c1-26(37(43)40-29-18-20-32(21-19-29)48-31-14-8-5-9-15-31)49-33-16-10-13-30(25-33)41-39(45)34(42-38(44)28-11-6-4-7-12-28)23-27-17-22-35(46-2)36(24-27)47-3/h4-26H,1-3H3,(H,40,43)(H,41,45)(H,42,44)/b34-23+. The molecule has 0 aliphatic rings. The average Bonchev–Trinajstić information content (AvgIpc) is 3.13. The summed E-state index contributed by atoms with van der Waals surface area (Å²) in [5.74, 6) is 1.23. The number of thioether (sulfide) groups is 1. The van der Waals surface area contributed by atoms with E-state index in [4.69, 9.17) is 14.2 Å². The van der Waals surface area contributed by atoms with Gasteiger partial charge in [0, 0.05) is 21.8 Å². The first kappa shape index (κ1) is 34.3. The van der Waals surface area contributed by atoms with E-state index >= 15 is 0 Å². The highest BCUT2D eigenvalue weighted by atomic mass is 32.2. The van der Waals surface area contributed by atoms with Gasteiger partial charge in [0.15, 0.2) is 11.5 Å². The van der Waals surface area contributed by atoms with Crippen molar-refractivity contribution in [1.29, 1.82) is 0 Å². The lowest BCUT2D eigenvalue weighted by Crippen LogP contribution is -2.30. The van der Waals surface area contributed by atoms with Gasteiger partial charge in [-0.15, -0.1) is 11.8 Å². The molecule has 5 rings (SSSR count). The molecule has 1 unspecified atom stereocenters. The van der Waals surface area contributed by atoms with Crippen LogP contribution >= 0.6 is 11.8 Å². The molecule has 0 bridgehead atoms. The van der Waals surface area contributed by atoms with Crippen LogP contribution in [0.5, 0.6) is 23.0 Å². The van der Waals surface area contributed by atoms with Crippen LogP contribution in [0, 0.1) is 0 Å². The van der Waals surface area contributed by atoms with E-state index in [9.17, 15) is 14.4 Å². The van der Waals surface area contributed by atoms with Gasteiger partial charge in [0.2, 0.25) is 5.91 Å². The van der Waals surface area contributed by atoms with Crippen molar-refractivity contribution in [3.05, 3.63) is 144 Å². The van der Waals surface area contributed by atoms with E-state index in [0.717, 1.165) is 10.6 Å². The molecule has 0 saturated carbocycles. The summed E-state index contributed by atoms with van der Waals surface area (Å²) in [6, 6.07) is 37.6. The van der Waals surface area contributed by atoms with Gasteiger partial charge in [-0.2, -0.15) is 0 Å². The fraction of sp³-hybridized carbons (Fsp3) is 0.103. The van der Waals surface area contributed by atoms with E-state index in [1.54, 1.807) is 104 Å². The highest BCUT2D eigenvalue weighted by Gasteiger charge is 2.18. The van der Waals surface area contributed by atoms with Crippen LogP contribution in [0.15, 0.2) is 138 Å². The van der Waals surface area contributed by atoms with Gasteiger partial charge in [-0.3, -0.25) is 14.4 Å². The summed E-state index contributed by atoms with van der Waals surface area (Å²) in [5, 5.41) is 8.10. The topological polar surface area (TPSA) is 115 Å². The van der Waals surface area contributed by atoms with Crippen LogP contribution in [-0.4, -0.2) is 37.2 Å². The Kier molecular flexibility index (Phi) is 11.7. The van der Waals surface area contributed by atoms with Crippen LogP contribution < -0.4 is 30.2 Å². The van der Waals surface area contributed by atoms with E-state index in [1.807, 2.05) is 36.4 Å². The second kappa shape index (κ2) is 16.7. The number of para-hydroxylation sites is 1. The minimum atomic E-state index is -0.535. The van der Waals surface area contributed by atoms with Crippen molar-refractivity contribution in [3.63, 3.8) is 0 Å². The van der Waals surface area contributed by atoms with Crippen molar-refractivity contribution in [2.45, 2.75) is 17.1 Å². The van der Waals surface area contributed by atoms with Crippen molar-refractivity contribution in [1.82, 2.24) is 5.32 Å². The summed E-state index contributed by atoms with van der Waals surface area (Å²) in [6.45, 7) is 1.81. The second-order valence-electron chi connectivity index (χ2n) is 10.7. The number of benzene rings is 5. The third-order valence-corrected chi connectivity index (χ3v) is 8.22. The first-order chi connectivity index (χ1) is 23.8. The molecule has 5 aromatic carbocycles. The third kappa shape index (κ3) is 9.75. The van der Waals surface area contributed by atoms with Crippen molar-refractivity contribution in [3.8, 4) is 23.0 Å². The molecule has 1 atom stereocenters. The van der Waals surface area contributed by atoms with Crippen molar-refractivity contribution in [2.24, 2.45) is 0 Å². The highest BCUT2D eigenvalue weighted by Crippen LogP contribution is 2.30. The smallest absolute Gasteiger partial charge is 0.272 e. The Balaban J connectivity index is 1.25. The molecule has 0 aliphatic carbocycles. The molecule has 3 N–H and O–H groups in total. The summed E-state index contributed by atoms with van der Waals surface area (Å²) >= 11 is 1.35. The summed E-state index contributed by atoms with van der Waals surface area (Å²) in [6.07, 6.45) is 1.56. The van der Waals surface area contributed by atoms with E-state index in [1.165, 1.54) is 26.0 Å². The zero-order chi connectivity index (χ0) is 34.6. The summed E-state index contributed by atoms with van der Waals surface area (Å²) in [4.78, 5) is 40.5. The summed E-state index contributed by atoms with van der Waals surface area (Å²) in [5.41, 5.74) is 2.16. The zero-order valence-electron chi connectivity index (χ0n) is 27.1. The zero-order valence-corrected chi connectivity index (χ0v) is 28.0. The molecule has 0 saturated heterocycles. The fourth-order valence-electron chi connectivity index (χ4n) is 4.63. The van der Waals surface area contributed by atoms with Crippen molar-refractivity contribution < 1.29 is 28.6 Å². The van der Waals surface area contributed by atoms with E-state index in [-0.39, 0.29) is 11.6 Å². The summed E-state index contributed by atoms with van der Waals surface area (Å²) < 4.78 is 16.6. The molecule has 10 heteroatoms. The number of ether oxygens (including phenoxy) is 3. The van der Waals surface area contributed by atoms with E-state index in [0.29, 0.717) is 39.8 Å². The fourth-order valence-corrected chi connectivity index (χ4v) is 5.56. The molecule has 0 aliphatic heterocycles. The Morgan fingerprint density at radius 3 is 2.04 bits per heavy atom. The number of carbonyl (C=O) groups is 3. The lowest BCUT2D eigenvalue weighted by Gasteiger charge is -2.15. The first-order valence-corrected chi connectivity index (χ1v) is 16.2. The van der Waals surface area contributed by atoms with Crippen LogP contribution in [0.25, 0.3) is 6.08 Å². The molecule has 3 amide bonds. The molecule has 5 aromatic rings. The Bertz CT molecular complexity index is 1930. The maximum Gasteiger partial charge on any atom is 0.272 e. The van der Waals surface area contributed by atoms with Crippen LogP contribution in [-0.2, 0) is 9.59 Å². The predicted octanol–water partition coefficient (Wildman–Crippen LogP) is 8.03. The van der Waals surface area contributed by atoms with Gasteiger partial charge in [0.05, 0.1) is 19.5 Å². The third-order valence-electron chi connectivity index (χ3n) is 7.12. The van der Waals surface area contributed by atoms with Gasteiger partial charge in [0.1, 0.15) is 17.2 Å². The molecule has 0 spiro atoms. The van der Waals surface area contributed by atoms with Gasteiger partial charge in [-0.25, -0.2) is 0 Å². The number of amides is 3. The maximum absolute atomic E-state index is 13.6. The number of nitrogens with one attached hydrogen (secondary N) is 3. The molecule has 9 nitrogen and oxygen atoms in total. The minimum Gasteiger partial charge on any atom is -0.493 e. The molecule has 0 aromatic heterocycles. The van der Waals surface area contributed by atoms with Crippen LogP contribution in [0.4, 0.5) is 11.4 Å². The number of hydrogen-bond acceptors (Lipinski definition) is 7. The Morgan fingerprint density at radius 1 is 0.673 bits per heavy atom. The minimum absolute atomic E-state index is 0.0204. The Labute approximate surface area is 289 Å². The van der Waals surface area contributed by atoms with E-state index < -0.39 is 17.1 Å². The normalized spacial score (nSPS) is 11.5.